The van der Waals surface area contributed by atoms with Gasteiger partial charge in [-0.1, -0.05) is 6.07 Å². The number of hydrogen-bond acceptors (Lipinski definition) is 4. The summed E-state index contributed by atoms with van der Waals surface area (Å²) >= 11 is 0. The zero-order chi connectivity index (χ0) is 13.6. The van der Waals surface area contributed by atoms with Gasteiger partial charge in [0.25, 0.3) is 0 Å². The molecule has 2 aliphatic rings. The molecule has 104 valence electrons. The summed E-state index contributed by atoms with van der Waals surface area (Å²) in [5.41, 5.74) is 2.32. The highest BCUT2D eigenvalue weighted by Gasteiger charge is 2.44. The molecule has 3 rings (SSSR count). The molecule has 19 heavy (non-hydrogen) atoms. The standard InChI is InChI=1S/C14H19NO3S/c1-9-8-15-14-12-5-4-11(18-2)7-10(12)3-6-13(14)19(9,16)17/h4-5,7,9,13-15H,3,6,8H2,1-2H3. The van der Waals surface area contributed by atoms with Crippen LogP contribution in [0, 0.1) is 0 Å². The van der Waals surface area contributed by atoms with E-state index in [1.165, 1.54) is 5.56 Å². The van der Waals surface area contributed by atoms with E-state index >= 15 is 0 Å². The summed E-state index contributed by atoms with van der Waals surface area (Å²) in [5.74, 6) is 0.837. The van der Waals surface area contributed by atoms with Gasteiger partial charge in [-0.25, -0.2) is 8.42 Å². The molecule has 3 unspecified atom stereocenters. The lowest BCUT2D eigenvalue weighted by Gasteiger charge is -2.40. The van der Waals surface area contributed by atoms with Crippen LogP contribution in [0.25, 0.3) is 0 Å². The first-order valence-electron chi connectivity index (χ1n) is 6.67. The van der Waals surface area contributed by atoms with E-state index in [1.807, 2.05) is 18.2 Å². The van der Waals surface area contributed by atoms with Gasteiger partial charge < -0.3 is 10.1 Å². The van der Waals surface area contributed by atoms with Gasteiger partial charge in [-0.15, -0.1) is 0 Å². The van der Waals surface area contributed by atoms with E-state index in [0.29, 0.717) is 13.0 Å². The predicted molar refractivity (Wildman–Crippen MR) is 74.2 cm³/mol. The second-order valence-corrected chi connectivity index (χ2v) is 8.02. The monoisotopic (exact) mass is 281 g/mol. The third-order valence-corrected chi connectivity index (χ3v) is 7.00. The van der Waals surface area contributed by atoms with Gasteiger partial charge in [-0.3, -0.25) is 0 Å². The molecule has 3 atom stereocenters. The average Bonchev–Trinajstić information content (AvgIpc) is 2.42. The van der Waals surface area contributed by atoms with Gasteiger partial charge in [-0.05, 0) is 43.0 Å². The van der Waals surface area contributed by atoms with Crippen molar-refractivity contribution in [2.24, 2.45) is 0 Å². The Balaban J connectivity index is 2.02. The Hall–Kier alpha value is -1.07. The lowest BCUT2D eigenvalue weighted by Crippen LogP contribution is -2.52. The highest BCUT2D eigenvalue weighted by Crippen LogP contribution is 2.38. The minimum Gasteiger partial charge on any atom is -0.497 e. The smallest absolute Gasteiger partial charge is 0.158 e. The number of hydrogen-bond donors (Lipinski definition) is 1. The van der Waals surface area contributed by atoms with E-state index < -0.39 is 9.84 Å². The highest BCUT2D eigenvalue weighted by molar-refractivity contribution is 7.92. The molecular formula is C14H19NO3S. The summed E-state index contributed by atoms with van der Waals surface area (Å²) in [6.45, 7) is 2.33. The summed E-state index contributed by atoms with van der Waals surface area (Å²) in [4.78, 5) is 0. The number of methoxy groups -OCH3 is 1. The van der Waals surface area contributed by atoms with Gasteiger partial charge in [-0.2, -0.15) is 0 Å². The molecule has 0 aromatic heterocycles. The largest absolute Gasteiger partial charge is 0.497 e. The van der Waals surface area contributed by atoms with Gasteiger partial charge in [0.15, 0.2) is 9.84 Å². The molecule has 1 aliphatic carbocycles. The molecule has 1 N–H and O–H groups in total. The van der Waals surface area contributed by atoms with Crippen molar-refractivity contribution in [3.8, 4) is 5.75 Å². The van der Waals surface area contributed by atoms with Gasteiger partial charge in [0.2, 0.25) is 0 Å². The molecule has 0 bridgehead atoms. The van der Waals surface area contributed by atoms with Crippen molar-refractivity contribution >= 4 is 9.84 Å². The van der Waals surface area contributed by atoms with E-state index in [0.717, 1.165) is 17.7 Å². The van der Waals surface area contributed by atoms with Crippen LogP contribution in [-0.4, -0.2) is 32.6 Å². The van der Waals surface area contributed by atoms with E-state index in [9.17, 15) is 8.42 Å². The first kappa shape index (κ1) is 12.9. The van der Waals surface area contributed by atoms with E-state index in [1.54, 1.807) is 14.0 Å². The van der Waals surface area contributed by atoms with Crippen LogP contribution in [0.5, 0.6) is 5.75 Å². The summed E-state index contributed by atoms with van der Waals surface area (Å²) in [5, 5.41) is 2.84. The van der Waals surface area contributed by atoms with Crippen LogP contribution >= 0.6 is 0 Å². The first-order valence-corrected chi connectivity index (χ1v) is 8.28. The maximum Gasteiger partial charge on any atom is 0.158 e. The summed E-state index contributed by atoms with van der Waals surface area (Å²) in [7, 11) is -1.36. The Morgan fingerprint density at radius 1 is 1.37 bits per heavy atom. The fourth-order valence-electron chi connectivity index (χ4n) is 3.20. The number of fused-ring (bicyclic) bond motifs is 3. The number of nitrogens with one attached hydrogen (secondary N) is 1. The molecule has 0 saturated carbocycles. The number of sulfone groups is 1. The van der Waals surface area contributed by atoms with E-state index in [2.05, 4.69) is 5.32 Å². The van der Waals surface area contributed by atoms with Gasteiger partial charge in [0.05, 0.1) is 17.6 Å². The van der Waals surface area contributed by atoms with Crippen molar-refractivity contribution in [2.45, 2.75) is 36.3 Å². The number of rotatable bonds is 1. The van der Waals surface area contributed by atoms with Crippen molar-refractivity contribution in [1.29, 1.82) is 0 Å². The van der Waals surface area contributed by atoms with Crippen molar-refractivity contribution in [2.75, 3.05) is 13.7 Å². The summed E-state index contributed by atoms with van der Waals surface area (Å²) in [6.07, 6.45) is 1.51. The quantitative estimate of drug-likeness (QED) is 0.846. The molecule has 4 nitrogen and oxygen atoms in total. The normalized spacial score (nSPS) is 32.2. The molecule has 1 fully saturated rings. The lowest BCUT2D eigenvalue weighted by molar-refractivity contribution is 0.403. The maximum absolute atomic E-state index is 12.4. The van der Waals surface area contributed by atoms with Crippen LogP contribution in [0.3, 0.4) is 0 Å². The van der Waals surface area contributed by atoms with Gasteiger partial charge in [0, 0.05) is 12.6 Å². The Kier molecular flexibility index (Phi) is 3.06. The van der Waals surface area contributed by atoms with Crippen molar-refractivity contribution in [1.82, 2.24) is 5.32 Å². The maximum atomic E-state index is 12.4. The zero-order valence-corrected chi connectivity index (χ0v) is 12.0. The second-order valence-electron chi connectivity index (χ2n) is 5.43. The van der Waals surface area contributed by atoms with Crippen LogP contribution in [0.1, 0.15) is 30.5 Å². The van der Waals surface area contributed by atoms with Crippen LogP contribution < -0.4 is 10.1 Å². The molecule has 0 radical (unpaired) electrons. The third-order valence-electron chi connectivity index (χ3n) is 4.36. The highest BCUT2D eigenvalue weighted by atomic mass is 32.2. The van der Waals surface area contributed by atoms with Crippen molar-refractivity contribution in [3.05, 3.63) is 29.3 Å². The van der Waals surface area contributed by atoms with Crippen LogP contribution in [0.15, 0.2) is 18.2 Å². The van der Waals surface area contributed by atoms with Crippen LogP contribution in [0.4, 0.5) is 0 Å². The Morgan fingerprint density at radius 2 is 2.16 bits per heavy atom. The first-order chi connectivity index (χ1) is 9.04. The summed E-state index contributed by atoms with van der Waals surface area (Å²) < 4.78 is 30.1. The SMILES string of the molecule is COc1ccc2c(c1)CCC1C2NCC(C)S1(=O)=O. The van der Waals surface area contributed by atoms with Crippen molar-refractivity contribution < 1.29 is 13.2 Å². The molecule has 1 aromatic carbocycles. The Morgan fingerprint density at radius 3 is 2.89 bits per heavy atom. The molecule has 5 heteroatoms. The minimum atomic E-state index is -3.01. The average molecular weight is 281 g/mol. The number of benzene rings is 1. The van der Waals surface area contributed by atoms with Gasteiger partial charge >= 0.3 is 0 Å². The molecule has 0 spiro atoms. The fraction of sp³-hybridized carbons (Fsp3) is 0.571. The van der Waals surface area contributed by atoms with E-state index in [4.69, 9.17) is 4.74 Å². The van der Waals surface area contributed by atoms with Gasteiger partial charge in [0.1, 0.15) is 5.75 Å². The number of aryl methyl sites for hydroxylation is 1. The number of ether oxygens (including phenoxy) is 1. The Bertz CT molecular complexity index is 597. The topological polar surface area (TPSA) is 55.4 Å². The summed E-state index contributed by atoms with van der Waals surface area (Å²) in [6, 6.07) is 5.88. The van der Waals surface area contributed by atoms with Crippen molar-refractivity contribution in [3.63, 3.8) is 0 Å². The molecule has 1 saturated heterocycles. The second kappa shape index (κ2) is 4.49. The predicted octanol–water partition coefficient (Wildman–Crippen LogP) is 1.46. The Labute approximate surface area is 114 Å². The zero-order valence-electron chi connectivity index (χ0n) is 11.2. The third kappa shape index (κ3) is 1.96. The molecule has 1 aromatic rings. The molecular weight excluding hydrogens is 262 g/mol. The van der Waals surface area contributed by atoms with Crippen LogP contribution in [0.2, 0.25) is 0 Å². The van der Waals surface area contributed by atoms with E-state index in [-0.39, 0.29) is 16.5 Å². The minimum absolute atomic E-state index is 0.0594. The molecule has 1 heterocycles. The fourth-order valence-corrected chi connectivity index (χ4v) is 5.19. The van der Waals surface area contributed by atoms with Crippen LogP contribution in [-0.2, 0) is 16.3 Å². The lowest BCUT2D eigenvalue weighted by atomic mass is 9.87. The molecule has 0 amide bonds. The molecule has 1 aliphatic heterocycles.